The topological polar surface area (TPSA) is 80.3 Å². The average molecular weight is 426 g/mol. The van der Waals surface area contributed by atoms with Gasteiger partial charge in [-0.1, -0.05) is 32.0 Å². The molecule has 0 spiro atoms. The Morgan fingerprint density at radius 3 is 2.38 bits per heavy atom. The van der Waals surface area contributed by atoms with Crippen molar-refractivity contribution in [2.75, 3.05) is 0 Å². The standard InChI is InChI=1S/C22H19NO4S2/c1-13(2)20(17-7-5-11-28-17)23-22(25)14-9-10-16-19(12-14)29(26,27)18-8-4-3-6-15(18)21(16)24/h3-13,20H,1-2H3,(H,23,25). The smallest absolute Gasteiger partial charge is 0.251 e. The third kappa shape index (κ3) is 3.30. The van der Waals surface area contributed by atoms with E-state index in [0.29, 0.717) is 0 Å². The summed E-state index contributed by atoms with van der Waals surface area (Å²) in [5, 5.41) is 4.94. The monoisotopic (exact) mass is 425 g/mol. The molecule has 5 nitrogen and oxygen atoms in total. The first-order chi connectivity index (χ1) is 13.8. The Balaban J connectivity index is 1.72. The van der Waals surface area contributed by atoms with E-state index in [4.69, 9.17) is 0 Å². The second-order valence-corrected chi connectivity index (χ2v) is 10.1. The average Bonchev–Trinajstić information content (AvgIpc) is 3.24. The summed E-state index contributed by atoms with van der Waals surface area (Å²) < 4.78 is 26.1. The fourth-order valence-corrected chi connectivity index (χ4v) is 6.11. The number of carbonyl (C=O) groups excluding carboxylic acids is 2. The number of ketones is 1. The fraction of sp³-hybridized carbons (Fsp3) is 0.182. The highest BCUT2D eigenvalue weighted by atomic mass is 32.2. The van der Waals surface area contributed by atoms with Crippen LogP contribution in [0, 0.1) is 5.92 Å². The number of benzene rings is 2. The van der Waals surface area contributed by atoms with Gasteiger partial charge in [0.25, 0.3) is 5.91 Å². The van der Waals surface area contributed by atoms with Crippen LogP contribution in [0.3, 0.4) is 0 Å². The number of amides is 1. The van der Waals surface area contributed by atoms with Gasteiger partial charge in [-0.05, 0) is 47.7 Å². The number of thiophene rings is 1. The van der Waals surface area contributed by atoms with Gasteiger partial charge in [-0.3, -0.25) is 9.59 Å². The summed E-state index contributed by atoms with van der Waals surface area (Å²) in [6, 6.07) is 14.1. The van der Waals surface area contributed by atoms with E-state index < -0.39 is 9.84 Å². The summed E-state index contributed by atoms with van der Waals surface area (Å²) in [5.74, 6) is -0.565. The van der Waals surface area contributed by atoms with Crippen molar-refractivity contribution in [1.29, 1.82) is 0 Å². The number of nitrogens with one attached hydrogen (secondary N) is 1. The van der Waals surface area contributed by atoms with Crippen molar-refractivity contribution < 1.29 is 18.0 Å². The molecule has 1 unspecified atom stereocenters. The van der Waals surface area contributed by atoms with Crippen molar-refractivity contribution >= 4 is 32.9 Å². The van der Waals surface area contributed by atoms with Crippen LogP contribution in [0.15, 0.2) is 69.8 Å². The third-order valence-corrected chi connectivity index (χ3v) is 7.81. The Hall–Kier alpha value is -2.77. The highest BCUT2D eigenvalue weighted by Crippen LogP contribution is 2.35. The highest BCUT2D eigenvalue weighted by Gasteiger charge is 2.35. The van der Waals surface area contributed by atoms with Gasteiger partial charge in [-0.25, -0.2) is 8.42 Å². The Morgan fingerprint density at radius 1 is 0.966 bits per heavy atom. The molecule has 148 valence electrons. The van der Waals surface area contributed by atoms with Crippen LogP contribution in [-0.4, -0.2) is 20.1 Å². The van der Waals surface area contributed by atoms with Crippen LogP contribution >= 0.6 is 11.3 Å². The van der Waals surface area contributed by atoms with E-state index in [-0.39, 0.29) is 50.1 Å². The van der Waals surface area contributed by atoms with E-state index in [1.165, 1.54) is 30.3 Å². The lowest BCUT2D eigenvalue weighted by atomic mass is 10.00. The van der Waals surface area contributed by atoms with E-state index in [2.05, 4.69) is 5.32 Å². The third-order valence-electron chi connectivity index (χ3n) is 5.00. The number of fused-ring (bicyclic) bond motifs is 2. The highest BCUT2D eigenvalue weighted by molar-refractivity contribution is 7.91. The number of sulfone groups is 1. The lowest BCUT2D eigenvalue weighted by Gasteiger charge is -2.22. The summed E-state index contributed by atoms with van der Waals surface area (Å²) in [5.41, 5.74) is 0.468. The first-order valence-corrected chi connectivity index (χ1v) is 11.5. The molecule has 1 N–H and O–H groups in total. The Bertz CT molecular complexity index is 1210. The van der Waals surface area contributed by atoms with Gasteiger partial charge in [0.15, 0.2) is 5.78 Å². The van der Waals surface area contributed by atoms with Gasteiger partial charge in [0.1, 0.15) is 0 Å². The summed E-state index contributed by atoms with van der Waals surface area (Å²) in [6.45, 7) is 4.02. The van der Waals surface area contributed by atoms with Gasteiger partial charge in [0.05, 0.1) is 15.8 Å². The van der Waals surface area contributed by atoms with E-state index in [9.17, 15) is 18.0 Å². The van der Waals surface area contributed by atoms with Crippen molar-refractivity contribution in [1.82, 2.24) is 5.32 Å². The zero-order valence-corrected chi connectivity index (χ0v) is 17.5. The van der Waals surface area contributed by atoms with Gasteiger partial charge in [0, 0.05) is 21.6 Å². The maximum Gasteiger partial charge on any atom is 0.251 e. The van der Waals surface area contributed by atoms with Crippen LogP contribution in [0.1, 0.15) is 51.0 Å². The SMILES string of the molecule is CC(C)C(NC(=O)c1ccc2c(c1)S(=O)(=O)c1ccccc1C2=O)c1cccs1. The molecule has 4 rings (SSSR count). The van der Waals surface area contributed by atoms with E-state index in [0.717, 1.165) is 4.88 Å². The van der Waals surface area contributed by atoms with Gasteiger partial charge in [-0.15, -0.1) is 11.3 Å². The van der Waals surface area contributed by atoms with E-state index >= 15 is 0 Å². The number of hydrogen-bond donors (Lipinski definition) is 1. The fourth-order valence-electron chi connectivity index (χ4n) is 3.48. The second kappa shape index (κ2) is 7.24. The van der Waals surface area contributed by atoms with Crippen molar-refractivity contribution in [3.63, 3.8) is 0 Å². The minimum Gasteiger partial charge on any atom is -0.344 e. The predicted molar refractivity (Wildman–Crippen MR) is 111 cm³/mol. The quantitative estimate of drug-likeness (QED) is 0.530. The summed E-state index contributed by atoms with van der Waals surface area (Å²) in [6.07, 6.45) is 0. The summed E-state index contributed by atoms with van der Waals surface area (Å²) in [7, 11) is -3.88. The molecule has 0 saturated heterocycles. The van der Waals surface area contributed by atoms with Crippen LogP contribution in [0.4, 0.5) is 0 Å². The Morgan fingerprint density at radius 2 is 1.69 bits per heavy atom. The molecular formula is C22H19NO4S2. The van der Waals surface area contributed by atoms with Gasteiger partial charge in [-0.2, -0.15) is 0 Å². The molecule has 7 heteroatoms. The molecule has 2 aromatic carbocycles. The summed E-state index contributed by atoms with van der Waals surface area (Å²) in [4.78, 5) is 26.5. The van der Waals surface area contributed by atoms with Crippen LogP contribution in [0.5, 0.6) is 0 Å². The zero-order valence-electron chi connectivity index (χ0n) is 15.9. The maximum absolute atomic E-state index is 13.1. The van der Waals surface area contributed by atoms with Crippen molar-refractivity contribution in [3.05, 3.63) is 81.5 Å². The maximum atomic E-state index is 13.1. The Labute approximate surface area is 173 Å². The zero-order chi connectivity index (χ0) is 20.8. The lowest BCUT2D eigenvalue weighted by Crippen LogP contribution is -2.31. The Kier molecular flexibility index (Phi) is 4.88. The molecule has 1 aliphatic heterocycles. The van der Waals surface area contributed by atoms with Crippen LogP contribution < -0.4 is 5.32 Å². The van der Waals surface area contributed by atoms with Crippen LogP contribution in [-0.2, 0) is 9.84 Å². The largest absolute Gasteiger partial charge is 0.344 e. The first kappa shape index (κ1) is 19.5. The minimum absolute atomic E-state index is 0.0197. The number of rotatable bonds is 4. The molecule has 0 fully saturated rings. The molecule has 1 aliphatic rings. The van der Waals surface area contributed by atoms with Gasteiger partial charge < -0.3 is 5.32 Å². The van der Waals surface area contributed by atoms with Crippen molar-refractivity contribution in [2.24, 2.45) is 5.92 Å². The molecule has 1 amide bonds. The number of hydrogen-bond acceptors (Lipinski definition) is 5. The summed E-state index contributed by atoms with van der Waals surface area (Å²) >= 11 is 1.56. The van der Waals surface area contributed by atoms with E-state index in [1.54, 1.807) is 23.5 Å². The first-order valence-electron chi connectivity index (χ1n) is 9.18. The lowest BCUT2D eigenvalue weighted by molar-refractivity contribution is 0.0925. The van der Waals surface area contributed by atoms with Crippen molar-refractivity contribution in [3.8, 4) is 0 Å². The number of carbonyl (C=O) groups is 2. The molecule has 1 aromatic heterocycles. The molecule has 0 saturated carbocycles. The molecule has 29 heavy (non-hydrogen) atoms. The normalized spacial score (nSPS) is 15.5. The van der Waals surface area contributed by atoms with E-state index in [1.807, 2.05) is 31.4 Å². The molecule has 0 bridgehead atoms. The predicted octanol–water partition coefficient (Wildman–Crippen LogP) is 4.25. The molecule has 1 atom stereocenters. The van der Waals surface area contributed by atoms with Crippen molar-refractivity contribution in [2.45, 2.75) is 29.7 Å². The molecule has 0 aliphatic carbocycles. The molecule has 3 aromatic rings. The molecule has 2 heterocycles. The minimum atomic E-state index is -3.88. The van der Waals surface area contributed by atoms with Gasteiger partial charge in [0.2, 0.25) is 9.84 Å². The second-order valence-electron chi connectivity index (χ2n) is 7.25. The van der Waals surface area contributed by atoms with Crippen LogP contribution in [0.2, 0.25) is 0 Å². The molecular weight excluding hydrogens is 406 g/mol. The molecule has 0 radical (unpaired) electrons. The van der Waals surface area contributed by atoms with Gasteiger partial charge >= 0.3 is 0 Å². The van der Waals surface area contributed by atoms with Crippen LogP contribution in [0.25, 0.3) is 0 Å².